The Morgan fingerprint density at radius 2 is 1.61 bits per heavy atom. The topological polar surface area (TPSA) is 86.8 Å². The van der Waals surface area contributed by atoms with Gasteiger partial charge >= 0.3 is 0 Å². The van der Waals surface area contributed by atoms with Gasteiger partial charge in [0.25, 0.3) is 0 Å². The summed E-state index contributed by atoms with van der Waals surface area (Å²) >= 11 is 18.3. The molecule has 0 bridgehead atoms. The standard InChI is InChI=1S/C25H30Cl3N3O4S/c1-17(25(33)29-21-6-4-3-5-7-21)30(15-18-8-9-20(27)14-23(18)28)24(32)16-31(36(2,34)35)22-12-10-19(26)11-13-22/h8-14,17,21H,3-7,15-16H2,1-2H3,(H,29,33). The summed E-state index contributed by atoms with van der Waals surface area (Å²) in [7, 11) is -3.82. The molecule has 196 valence electrons. The number of rotatable bonds is 9. The maximum atomic E-state index is 13.6. The number of nitrogens with one attached hydrogen (secondary N) is 1. The zero-order valence-electron chi connectivity index (χ0n) is 20.2. The van der Waals surface area contributed by atoms with Gasteiger partial charge in [0.15, 0.2) is 0 Å². The average Bonchev–Trinajstić information content (AvgIpc) is 2.82. The molecule has 0 radical (unpaired) electrons. The van der Waals surface area contributed by atoms with Crippen LogP contribution in [0.5, 0.6) is 0 Å². The molecule has 2 aromatic carbocycles. The first-order valence-corrected chi connectivity index (χ1v) is 14.7. The molecule has 1 saturated carbocycles. The van der Waals surface area contributed by atoms with Crippen molar-refractivity contribution in [1.29, 1.82) is 0 Å². The Kier molecular flexibility index (Phi) is 9.92. The molecule has 0 aliphatic heterocycles. The summed E-state index contributed by atoms with van der Waals surface area (Å²) in [5.74, 6) is -0.842. The van der Waals surface area contributed by atoms with E-state index in [4.69, 9.17) is 34.8 Å². The zero-order chi connectivity index (χ0) is 26.5. The van der Waals surface area contributed by atoms with E-state index >= 15 is 0 Å². The SMILES string of the molecule is CC(C(=O)NC1CCCCC1)N(Cc1ccc(Cl)cc1Cl)C(=O)CN(c1ccc(Cl)cc1)S(C)(=O)=O. The quantitative estimate of drug-likeness (QED) is 0.442. The lowest BCUT2D eigenvalue weighted by Gasteiger charge is -2.33. The maximum absolute atomic E-state index is 13.6. The Balaban J connectivity index is 1.89. The van der Waals surface area contributed by atoms with Gasteiger partial charge in [-0.3, -0.25) is 13.9 Å². The van der Waals surface area contributed by atoms with Crippen LogP contribution in [0.4, 0.5) is 5.69 Å². The van der Waals surface area contributed by atoms with E-state index in [0.717, 1.165) is 42.7 Å². The predicted octanol–water partition coefficient (Wildman–Crippen LogP) is 5.28. The van der Waals surface area contributed by atoms with Crippen molar-refractivity contribution >= 4 is 62.3 Å². The van der Waals surface area contributed by atoms with Crippen LogP contribution in [0.3, 0.4) is 0 Å². The number of anilines is 1. The summed E-state index contributed by atoms with van der Waals surface area (Å²) in [6, 6.07) is 10.2. The lowest BCUT2D eigenvalue weighted by molar-refractivity contribution is -0.139. The van der Waals surface area contributed by atoms with Gasteiger partial charge in [-0.2, -0.15) is 0 Å². The van der Waals surface area contributed by atoms with Gasteiger partial charge in [-0.15, -0.1) is 0 Å². The molecule has 1 N–H and O–H groups in total. The van der Waals surface area contributed by atoms with Crippen molar-refractivity contribution in [3.8, 4) is 0 Å². The molecule has 1 atom stereocenters. The van der Waals surface area contributed by atoms with Crippen LogP contribution >= 0.6 is 34.8 Å². The third kappa shape index (κ3) is 7.75. The third-order valence-corrected chi connectivity index (χ3v) is 8.25. The van der Waals surface area contributed by atoms with Crippen molar-refractivity contribution in [2.75, 3.05) is 17.1 Å². The molecule has 11 heteroatoms. The van der Waals surface area contributed by atoms with Crippen LogP contribution in [0.2, 0.25) is 15.1 Å². The molecular weight excluding hydrogens is 545 g/mol. The van der Waals surface area contributed by atoms with Gasteiger partial charge in [-0.05, 0) is 61.7 Å². The number of benzene rings is 2. The number of nitrogens with zero attached hydrogens (tertiary/aromatic N) is 2. The van der Waals surface area contributed by atoms with E-state index in [1.807, 2.05) is 0 Å². The van der Waals surface area contributed by atoms with Crippen LogP contribution in [0.15, 0.2) is 42.5 Å². The second-order valence-corrected chi connectivity index (χ2v) is 12.2. The maximum Gasteiger partial charge on any atom is 0.244 e. The van der Waals surface area contributed by atoms with E-state index in [1.54, 1.807) is 37.3 Å². The van der Waals surface area contributed by atoms with Crippen molar-refractivity contribution in [3.05, 3.63) is 63.1 Å². The molecule has 0 heterocycles. The van der Waals surface area contributed by atoms with Crippen LogP contribution in [0, 0.1) is 0 Å². The molecule has 1 aliphatic carbocycles. The minimum Gasteiger partial charge on any atom is -0.352 e. The summed E-state index contributed by atoms with van der Waals surface area (Å²) < 4.78 is 26.2. The molecule has 7 nitrogen and oxygen atoms in total. The summed E-state index contributed by atoms with van der Waals surface area (Å²) in [4.78, 5) is 28.1. The first kappa shape index (κ1) is 28.6. The molecule has 1 unspecified atom stereocenters. The molecule has 3 rings (SSSR count). The van der Waals surface area contributed by atoms with Crippen LogP contribution in [0.1, 0.15) is 44.6 Å². The van der Waals surface area contributed by atoms with Crippen LogP contribution < -0.4 is 9.62 Å². The van der Waals surface area contributed by atoms with Crippen molar-refractivity contribution < 1.29 is 18.0 Å². The Bertz CT molecular complexity index is 1190. The summed E-state index contributed by atoms with van der Waals surface area (Å²) in [5, 5.41) is 4.27. The highest BCUT2D eigenvalue weighted by Crippen LogP contribution is 2.25. The average molecular weight is 575 g/mol. The highest BCUT2D eigenvalue weighted by atomic mass is 35.5. The van der Waals surface area contributed by atoms with Gasteiger partial charge in [0, 0.05) is 27.7 Å². The Morgan fingerprint density at radius 3 is 2.19 bits per heavy atom. The van der Waals surface area contributed by atoms with E-state index < -0.39 is 28.5 Å². The largest absolute Gasteiger partial charge is 0.352 e. The fourth-order valence-corrected chi connectivity index (χ4v) is 5.65. The smallest absolute Gasteiger partial charge is 0.244 e. The first-order chi connectivity index (χ1) is 17.0. The van der Waals surface area contributed by atoms with Gasteiger partial charge in [-0.1, -0.05) is 60.1 Å². The van der Waals surface area contributed by atoms with Crippen molar-refractivity contribution in [3.63, 3.8) is 0 Å². The monoisotopic (exact) mass is 573 g/mol. The molecule has 1 fully saturated rings. The second kappa shape index (κ2) is 12.5. The Hall–Kier alpha value is -2.00. The number of halogens is 3. The van der Waals surface area contributed by atoms with E-state index in [2.05, 4.69) is 5.32 Å². The number of amides is 2. The Labute approximate surface area is 227 Å². The van der Waals surface area contributed by atoms with Gasteiger partial charge in [-0.25, -0.2) is 8.42 Å². The fourth-order valence-electron chi connectivity index (χ4n) is 4.21. The normalized spacial score (nSPS) is 15.2. The van der Waals surface area contributed by atoms with Crippen LogP contribution in [-0.2, 0) is 26.2 Å². The predicted molar refractivity (Wildman–Crippen MR) is 145 cm³/mol. The van der Waals surface area contributed by atoms with Crippen LogP contribution in [-0.4, -0.2) is 50.0 Å². The number of sulfonamides is 1. The van der Waals surface area contributed by atoms with Crippen LogP contribution in [0.25, 0.3) is 0 Å². The van der Waals surface area contributed by atoms with E-state index in [9.17, 15) is 18.0 Å². The van der Waals surface area contributed by atoms with Crippen molar-refractivity contribution in [2.45, 2.75) is 57.7 Å². The van der Waals surface area contributed by atoms with Gasteiger partial charge < -0.3 is 10.2 Å². The van der Waals surface area contributed by atoms with E-state index in [-0.39, 0.29) is 18.5 Å². The number of hydrogen-bond acceptors (Lipinski definition) is 4. The molecule has 1 aliphatic rings. The van der Waals surface area contributed by atoms with E-state index in [0.29, 0.717) is 26.3 Å². The summed E-state index contributed by atoms with van der Waals surface area (Å²) in [6.45, 7) is 1.14. The molecular formula is C25H30Cl3N3O4S. The summed E-state index contributed by atoms with van der Waals surface area (Å²) in [5.41, 5.74) is 0.878. The van der Waals surface area contributed by atoms with Gasteiger partial charge in [0.2, 0.25) is 21.8 Å². The van der Waals surface area contributed by atoms with Gasteiger partial charge in [0.1, 0.15) is 12.6 Å². The molecule has 0 spiro atoms. The lowest BCUT2D eigenvalue weighted by atomic mass is 9.95. The third-order valence-electron chi connectivity index (χ3n) is 6.27. The molecule has 0 saturated heterocycles. The highest BCUT2D eigenvalue weighted by molar-refractivity contribution is 7.92. The molecule has 2 amide bonds. The van der Waals surface area contributed by atoms with Gasteiger partial charge in [0.05, 0.1) is 11.9 Å². The number of hydrogen-bond donors (Lipinski definition) is 1. The van der Waals surface area contributed by atoms with Crippen molar-refractivity contribution in [2.24, 2.45) is 0 Å². The minimum atomic E-state index is -3.82. The van der Waals surface area contributed by atoms with Crippen molar-refractivity contribution in [1.82, 2.24) is 10.2 Å². The lowest BCUT2D eigenvalue weighted by Crippen LogP contribution is -2.53. The van der Waals surface area contributed by atoms with E-state index in [1.165, 1.54) is 17.0 Å². The molecule has 2 aromatic rings. The first-order valence-electron chi connectivity index (χ1n) is 11.7. The minimum absolute atomic E-state index is 0.00626. The fraction of sp³-hybridized carbons (Fsp3) is 0.440. The zero-order valence-corrected chi connectivity index (χ0v) is 23.3. The molecule has 0 aromatic heterocycles. The number of carbonyl (C=O) groups is 2. The summed E-state index contributed by atoms with van der Waals surface area (Å²) in [6.07, 6.45) is 6.06. The molecule has 36 heavy (non-hydrogen) atoms. The number of carbonyl (C=O) groups excluding carboxylic acids is 2. The highest BCUT2D eigenvalue weighted by Gasteiger charge is 2.31. The Morgan fingerprint density at radius 1 is 1.00 bits per heavy atom. The second-order valence-electron chi connectivity index (χ2n) is 9.02.